The number of phosphoric acid groups is 3. The Labute approximate surface area is 332 Å². The summed E-state index contributed by atoms with van der Waals surface area (Å²) < 4.78 is 62.0. The number of phosphoric ester groups is 3. The first-order valence-corrected chi connectivity index (χ1v) is 22.1. The van der Waals surface area contributed by atoms with Crippen LogP contribution in [-0.4, -0.2) is 144 Å². The van der Waals surface area contributed by atoms with Crippen molar-refractivity contribution in [3.8, 4) is 0 Å². The van der Waals surface area contributed by atoms with Crippen LogP contribution in [0.2, 0.25) is 0 Å². The molecule has 2 amide bonds. The number of ether oxygens (including phenoxy) is 1. The molecule has 1 aliphatic heterocycles. The minimum Gasteiger partial charge on any atom is -0.481 e. The molecule has 8 atom stereocenters. The summed E-state index contributed by atoms with van der Waals surface area (Å²) in [4.78, 5) is 98.2. The highest BCUT2D eigenvalue weighted by Gasteiger charge is 2.50. The van der Waals surface area contributed by atoms with E-state index in [1.165, 1.54) is 20.8 Å². The monoisotopic (exact) mass is 911 g/mol. The molecular formula is C27H44N7O20P3S. The van der Waals surface area contributed by atoms with Crippen molar-refractivity contribution in [3.05, 3.63) is 12.7 Å². The topological polar surface area (TPSA) is 421 Å². The first-order valence-electron chi connectivity index (χ1n) is 16.6. The number of hydrogen-bond donors (Lipinski definition) is 11. The van der Waals surface area contributed by atoms with E-state index in [9.17, 15) is 67.8 Å². The molecule has 6 unspecified atom stereocenters. The van der Waals surface area contributed by atoms with Gasteiger partial charge in [-0.1, -0.05) is 25.6 Å². The number of rotatable bonds is 23. The third-order valence-corrected chi connectivity index (χ3v) is 11.8. The van der Waals surface area contributed by atoms with E-state index < -0.39 is 114 Å². The van der Waals surface area contributed by atoms with E-state index in [0.717, 1.165) is 29.0 Å². The van der Waals surface area contributed by atoms with Gasteiger partial charge in [0.1, 0.15) is 36.3 Å². The van der Waals surface area contributed by atoms with Crippen molar-refractivity contribution >= 4 is 75.1 Å². The fraction of sp³-hybridized carbons (Fsp3) is 0.667. The number of aliphatic hydroxyl groups excluding tert-OH is 2. The molecular weight excluding hydrogens is 867 g/mol. The third kappa shape index (κ3) is 15.2. The van der Waals surface area contributed by atoms with E-state index in [2.05, 4.69) is 34.4 Å². The van der Waals surface area contributed by atoms with Gasteiger partial charge < -0.3 is 61.1 Å². The number of nitrogens with two attached hydrogens (primary N) is 1. The predicted octanol–water partition coefficient (Wildman–Crippen LogP) is -1.72. The summed E-state index contributed by atoms with van der Waals surface area (Å²) in [6, 6.07) is 0. The molecule has 1 saturated heterocycles. The van der Waals surface area contributed by atoms with Crippen LogP contribution in [0.25, 0.3) is 11.2 Å². The van der Waals surface area contributed by atoms with Gasteiger partial charge >= 0.3 is 29.4 Å². The number of thioether (sulfide) groups is 1. The number of carboxylic acids is 1. The number of fused-ring (bicyclic) bond motifs is 1. The Balaban J connectivity index is 1.47. The second-order valence-electron chi connectivity index (χ2n) is 13.5. The van der Waals surface area contributed by atoms with Crippen LogP contribution >= 0.6 is 35.2 Å². The average molecular weight is 912 g/mol. The summed E-state index contributed by atoms with van der Waals surface area (Å²) in [6.07, 6.45) is -8.22. The van der Waals surface area contributed by atoms with Crippen molar-refractivity contribution < 1.29 is 95.5 Å². The van der Waals surface area contributed by atoms with Gasteiger partial charge in [0.05, 0.1) is 31.6 Å². The number of aliphatic hydroxyl groups is 3. The molecule has 2 aromatic heterocycles. The smallest absolute Gasteiger partial charge is 0.481 e. The van der Waals surface area contributed by atoms with Gasteiger partial charge in [0.2, 0.25) is 11.8 Å². The summed E-state index contributed by atoms with van der Waals surface area (Å²) in [5.74, 6) is -2.81. The van der Waals surface area contributed by atoms with Gasteiger partial charge in [-0.05, 0) is 6.92 Å². The molecule has 2 aromatic rings. The van der Waals surface area contributed by atoms with Crippen LogP contribution in [0.1, 0.15) is 46.3 Å². The largest absolute Gasteiger partial charge is 0.481 e. The zero-order valence-corrected chi connectivity index (χ0v) is 34.3. The van der Waals surface area contributed by atoms with Gasteiger partial charge in [-0.15, -0.1) is 0 Å². The summed E-state index contributed by atoms with van der Waals surface area (Å²) in [6.45, 7) is 1.29. The van der Waals surface area contributed by atoms with Crippen molar-refractivity contribution in [1.82, 2.24) is 30.2 Å². The van der Waals surface area contributed by atoms with Crippen molar-refractivity contribution in [1.29, 1.82) is 0 Å². The number of aromatic nitrogens is 4. The number of hydrogen-bond acceptors (Lipinski definition) is 20. The van der Waals surface area contributed by atoms with Gasteiger partial charge in [0.25, 0.3) is 0 Å². The second kappa shape index (κ2) is 20.0. The van der Waals surface area contributed by atoms with Crippen LogP contribution < -0.4 is 16.4 Å². The van der Waals surface area contributed by atoms with Gasteiger partial charge in [-0.2, -0.15) is 4.31 Å². The number of nitrogens with one attached hydrogen (secondary N) is 2. The Kier molecular flexibility index (Phi) is 17.0. The summed E-state index contributed by atoms with van der Waals surface area (Å²) >= 11 is 0.771. The number of nitrogen functional groups attached to an aromatic ring is 1. The molecule has 0 spiro atoms. The molecule has 3 rings (SSSR count). The second-order valence-corrected chi connectivity index (χ2v) is 18.9. The van der Waals surface area contributed by atoms with Crippen molar-refractivity contribution in [2.75, 3.05) is 37.8 Å². The maximum Gasteiger partial charge on any atom is 0.481 e. The number of anilines is 1. The van der Waals surface area contributed by atoms with E-state index in [4.69, 9.17) is 24.6 Å². The lowest BCUT2D eigenvalue weighted by atomic mass is 9.87. The van der Waals surface area contributed by atoms with Gasteiger partial charge in [0, 0.05) is 37.1 Å². The van der Waals surface area contributed by atoms with Crippen molar-refractivity contribution in [2.45, 2.75) is 76.3 Å². The molecule has 1 fully saturated rings. The standard InChI is InChI=1S/C27H44N7O20P3S/c1-26(2,21(40)24(41)30-5-4-15(35)29-6-7-58-17(38)9-27(3,42)8-16(36)37)11-51-57(48,49)54-56(46,47)50-10-14-20(53-55(43,44)45)19(39)25(52-14)34-13-33-18-22(28)31-12-32-23(18)34/h12-14,19-21,25,39-40,42H,4-11H2,1-3H3,(H,29,35)(H,30,41)(H,36,37)(H,46,47)(H,48,49)(H2,28,31,32)(H2,43,44,45)/t14-,19?,20?,21?,25-,27?/m1/s1. The quantitative estimate of drug-likeness (QED) is 0.0436. The molecule has 58 heavy (non-hydrogen) atoms. The third-order valence-electron chi connectivity index (χ3n) is 7.82. The van der Waals surface area contributed by atoms with Crippen LogP contribution in [0.4, 0.5) is 5.82 Å². The molecule has 12 N–H and O–H groups in total. The van der Waals surface area contributed by atoms with Crippen LogP contribution in [0, 0.1) is 5.41 Å². The molecule has 328 valence electrons. The number of aliphatic carboxylic acids is 1. The number of carbonyl (C=O) groups excluding carboxylic acids is 3. The maximum absolute atomic E-state index is 12.7. The van der Waals surface area contributed by atoms with E-state index in [1.807, 2.05) is 0 Å². The molecule has 31 heteroatoms. The van der Waals surface area contributed by atoms with Gasteiger partial charge in [-0.3, -0.25) is 37.3 Å². The number of amides is 2. The number of nitrogens with zero attached hydrogens (tertiary/aromatic N) is 4. The van der Waals surface area contributed by atoms with Crippen molar-refractivity contribution in [3.63, 3.8) is 0 Å². The van der Waals surface area contributed by atoms with E-state index in [1.54, 1.807) is 0 Å². The van der Waals surface area contributed by atoms with Crippen LogP contribution in [-0.2, 0) is 55.5 Å². The maximum atomic E-state index is 12.7. The fourth-order valence-electron chi connectivity index (χ4n) is 5.05. The Morgan fingerprint density at radius 1 is 1.02 bits per heavy atom. The van der Waals surface area contributed by atoms with E-state index >= 15 is 0 Å². The van der Waals surface area contributed by atoms with Crippen LogP contribution in [0.15, 0.2) is 12.7 Å². The lowest BCUT2D eigenvalue weighted by Gasteiger charge is -2.30. The Hall–Kier alpha value is -3.01. The van der Waals surface area contributed by atoms with Crippen LogP contribution in [0.5, 0.6) is 0 Å². The molecule has 0 saturated carbocycles. The number of imidazole rings is 1. The zero-order valence-electron chi connectivity index (χ0n) is 30.8. The van der Waals surface area contributed by atoms with Gasteiger partial charge in [0.15, 0.2) is 22.8 Å². The predicted molar refractivity (Wildman–Crippen MR) is 195 cm³/mol. The highest BCUT2D eigenvalue weighted by atomic mass is 32.2. The first kappa shape index (κ1) is 49.4. The lowest BCUT2D eigenvalue weighted by molar-refractivity contribution is -0.142. The molecule has 0 aromatic carbocycles. The Morgan fingerprint density at radius 2 is 1.67 bits per heavy atom. The Morgan fingerprint density at radius 3 is 2.31 bits per heavy atom. The molecule has 0 bridgehead atoms. The van der Waals surface area contributed by atoms with Crippen LogP contribution in [0.3, 0.4) is 0 Å². The zero-order chi connectivity index (χ0) is 43.9. The highest BCUT2D eigenvalue weighted by molar-refractivity contribution is 8.13. The molecule has 0 aliphatic carbocycles. The summed E-state index contributed by atoms with van der Waals surface area (Å²) in [5, 5.41) is 44.4. The highest BCUT2D eigenvalue weighted by Crippen LogP contribution is 2.61. The Bertz CT molecular complexity index is 1950. The average Bonchev–Trinajstić information content (AvgIpc) is 3.63. The van der Waals surface area contributed by atoms with E-state index in [-0.39, 0.29) is 42.2 Å². The summed E-state index contributed by atoms with van der Waals surface area (Å²) in [7, 11) is -16.5. The normalized spacial score (nSPS) is 22.4. The minimum absolute atomic E-state index is 0.0147. The first-order chi connectivity index (χ1) is 26.6. The minimum atomic E-state index is -5.60. The fourth-order valence-corrected chi connectivity index (χ4v) is 8.72. The van der Waals surface area contributed by atoms with Crippen molar-refractivity contribution in [2.24, 2.45) is 5.41 Å². The lowest BCUT2D eigenvalue weighted by Crippen LogP contribution is -2.46. The molecule has 0 radical (unpaired) electrons. The molecule has 1 aliphatic rings. The SMILES string of the molecule is CC(O)(CC(=O)O)CC(=O)SCCNC(=O)CCNC(=O)C(O)C(C)(C)COP(=O)(O)OP(=O)(O)OC[C@H]1O[C@@H](n2cnc3c(N)ncnc32)C(O)C1OP(=O)(O)O. The van der Waals surface area contributed by atoms with E-state index in [0.29, 0.717) is 0 Å². The van der Waals surface area contributed by atoms with Gasteiger partial charge in [-0.25, -0.2) is 28.6 Å². The number of carboxylic acid groups (broad SMARTS) is 1. The number of carbonyl (C=O) groups is 4. The molecule has 27 nitrogen and oxygen atoms in total. The summed E-state index contributed by atoms with van der Waals surface area (Å²) in [5.41, 5.74) is 2.44. The molecule has 3 heterocycles.